The summed E-state index contributed by atoms with van der Waals surface area (Å²) in [6.07, 6.45) is 1.54. The molecule has 1 amide bonds. The van der Waals surface area contributed by atoms with E-state index in [0.29, 0.717) is 23.1 Å². The molecule has 0 bridgehead atoms. The average molecular weight is 356 g/mol. The number of nitrogens with one attached hydrogen (secondary N) is 1. The maximum atomic E-state index is 12.7. The molecule has 0 aromatic heterocycles. The Morgan fingerprint density at radius 2 is 2.12 bits per heavy atom. The Hall–Kier alpha value is -2.09. The molecule has 0 radical (unpaired) electrons. The molecule has 3 rings (SSSR count). The fourth-order valence-electron chi connectivity index (χ4n) is 3.30. The third-order valence-electron chi connectivity index (χ3n) is 4.53. The number of hydrogen-bond acceptors (Lipinski definition) is 5. The number of amides is 1. The van der Waals surface area contributed by atoms with E-state index in [1.54, 1.807) is 18.0 Å². The van der Waals surface area contributed by atoms with Gasteiger partial charge >= 0.3 is 6.61 Å². The van der Waals surface area contributed by atoms with Crippen LogP contribution in [0.3, 0.4) is 0 Å². The molecule has 1 N–H and O–H groups in total. The Labute approximate surface area is 145 Å². The van der Waals surface area contributed by atoms with Crippen LogP contribution < -0.4 is 19.5 Å². The molecule has 6 nitrogen and oxygen atoms in total. The number of piperidine rings is 1. The van der Waals surface area contributed by atoms with Crippen LogP contribution in [0, 0.1) is 5.92 Å². The lowest BCUT2D eigenvalue weighted by Gasteiger charge is -2.30. The Kier molecular flexibility index (Phi) is 5.27. The molecule has 138 valence electrons. The van der Waals surface area contributed by atoms with Gasteiger partial charge in [0, 0.05) is 37.2 Å². The molecule has 1 saturated heterocycles. The van der Waals surface area contributed by atoms with Crippen molar-refractivity contribution in [3.05, 3.63) is 17.7 Å². The van der Waals surface area contributed by atoms with Crippen LogP contribution in [0.15, 0.2) is 12.1 Å². The van der Waals surface area contributed by atoms with E-state index >= 15 is 0 Å². The third kappa shape index (κ3) is 4.12. The summed E-state index contributed by atoms with van der Waals surface area (Å²) in [5.41, 5.74) is 0.461. The van der Waals surface area contributed by atoms with Crippen molar-refractivity contribution in [3.63, 3.8) is 0 Å². The average Bonchev–Trinajstić information content (AvgIpc) is 3.01. The van der Waals surface area contributed by atoms with Crippen LogP contribution in [0.2, 0.25) is 0 Å². The van der Waals surface area contributed by atoms with Crippen molar-refractivity contribution in [2.24, 2.45) is 5.92 Å². The number of benzene rings is 1. The van der Waals surface area contributed by atoms with E-state index in [-0.39, 0.29) is 30.9 Å². The fourth-order valence-corrected chi connectivity index (χ4v) is 3.30. The molecule has 0 aliphatic carbocycles. The highest BCUT2D eigenvalue weighted by atomic mass is 19.3. The number of carbonyl (C=O) groups is 1. The first-order valence-electron chi connectivity index (χ1n) is 8.29. The molecular weight excluding hydrogens is 334 g/mol. The topological polar surface area (TPSA) is 60.0 Å². The van der Waals surface area contributed by atoms with Gasteiger partial charge in [-0.05, 0) is 32.4 Å². The molecule has 0 unspecified atom stereocenters. The van der Waals surface area contributed by atoms with Gasteiger partial charge in [-0.3, -0.25) is 4.79 Å². The molecular formula is C17H22F2N2O4. The number of halogens is 2. The van der Waals surface area contributed by atoms with E-state index in [4.69, 9.17) is 9.47 Å². The SMILES string of the molecule is C[C@H]1C[C@@H](C(=O)N(C)Cc2cc3c(cc2OC(F)F)OCO3)CCN1. The van der Waals surface area contributed by atoms with Crippen LogP contribution in [0.4, 0.5) is 8.78 Å². The molecule has 2 aliphatic rings. The van der Waals surface area contributed by atoms with Crippen molar-refractivity contribution in [2.45, 2.75) is 39.0 Å². The molecule has 0 saturated carbocycles. The minimum atomic E-state index is -2.95. The van der Waals surface area contributed by atoms with Crippen molar-refractivity contribution in [2.75, 3.05) is 20.4 Å². The molecule has 25 heavy (non-hydrogen) atoms. The maximum Gasteiger partial charge on any atom is 0.387 e. The minimum Gasteiger partial charge on any atom is -0.454 e. The normalized spacial score (nSPS) is 22.1. The highest BCUT2D eigenvalue weighted by molar-refractivity contribution is 5.79. The Morgan fingerprint density at radius 1 is 1.40 bits per heavy atom. The summed E-state index contributed by atoms with van der Waals surface area (Å²) in [6, 6.07) is 3.27. The van der Waals surface area contributed by atoms with Gasteiger partial charge in [0.15, 0.2) is 11.5 Å². The smallest absolute Gasteiger partial charge is 0.387 e. The summed E-state index contributed by atoms with van der Waals surface area (Å²) in [5, 5.41) is 3.31. The van der Waals surface area contributed by atoms with E-state index in [2.05, 4.69) is 10.1 Å². The van der Waals surface area contributed by atoms with E-state index in [0.717, 1.165) is 19.4 Å². The first kappa shape index (κ1) is 17.7. The minimum absolute atomic E-state index is 0.00224. The van der Waals surface area contributed by atoms with Gasteiger partial charge in [-0.2, -0.15) is 8.78 Å². The van der Waals surface area contributed by atoms with E-state index < -0.39 is 6.61 Å². The highest BCUT2D eigenvalue weighted by Crippen LogP contribution is 2.39. The fraction of sp³-hybridized carbons (Fsp3) is 0.588. The van der Waals surface area contributed by atoms with Crippen LogP contribution in [-0.4, -0.2) is 43.8 Å². The van der Waals surface area contributed by atoms with Gasteiger partial charge in [-0.15, -0.1) is 0 Å². The second-order valence-corrected chi connectivity index (χ2v) is 6.46. The first-order valence-corrected chi connectivity index (χ1v) is 8.29. The number of fused-ring (bicyclic) bond motifs is 1. The van der Waals surface area contributed by atoms with Gasteiger partial charge in [0.05, 0.1) is 0 Å². The maximum absolute atomic E-state index is 12.7. The summed E-state index contributed by atoms with van der Waals surface area (Å²) < 4.78 is 40.5. The van der Waals surface area contributed by atoms with Gasteiger partial charge in [0.2, 0.25) is 12.7 Å². The lowest BCUT2D eigenvalue weighted by molar-refractivity contribution is -0.135. The standard InChI is InChI=1S/C17H22F2N2O4/c1-10-5-11(3-4-20-10)16(22)21(2)8-12-6-14-15(24-9-23-14)7-13(12)25-17(18)19/h6-7,10-11,17,20H,3-5,8-9H2,1-2H3/t10-,11-/m0/s1. The summed E-state index contributed by atoms with van der Waals surface area (Å²) in [7, 11) is 1.67. The van der Waals surface area contributed by atoms with Crippen LogP contribution in [0.1, 0.15) is 25.3 Å². The van der Waals surface area contributed by atoms with Crippen molar-refractivity contribution in [3.8, 4) is 17.2 Å². The first-order chi connectivity index (χ1) is 11.9. The molecule has 2 heterocycles. The molecule has 8 heteroatoms. The quantitative estimate of drug-likeness (QED) is 0.878. The number of carbonyl (C=O) groups excluding carboxylic acids is 1. The van der Waals surface area contributed by atoms with E-state index in [1.807, 2.05) is 6.92 Å². The summed E-state index contributed by atoms with van der Waals surface area (Å²) in [5.74, 6) is 0.773. The van der Waals surface area contributed by atoms with Crippen LogP contribution in [0.5, 0.6) is 17.2 Å². The zero-order chi connectivity index (χ0) is 18.0. The van der Waals surface area contributed by atoms with Gasteiger partial charge in [0.1, 0.15) is 5.75 Å². The Bertz CT molecular complexity index is 641. The van der Waals surface area contributed by atoms with Crippen molar-refractivity contribution >= 4 is 5.91 Å². The van der Waals surface area contributed by atoms with E-state index in [1.165, 1.54) is 6.07 Å². The van der Waals surface area contributed by atoms with Crippen molar-refractivity contribution in [1.29, 1.82) is 0 Å². The van der Waals surface area contributed by atoms with E-state index in [9.17, 15) is 13.6 Å². The molecule has 1 fully saturated rings. The molecule has 2 atom stereocenters. The monoisotopic (exact) mass is 356 g/mol. The molecule has 1 aromatic carbocycles. The second-order valence-electron chi connectivity index (χ2n) is 6.46. The predicted octanol–water partition coefficient (Wildman–Crippen LogP) is 2.36. The zero-order valence-electron chi connectivity index (χ0n) is 14.3. The number of ether oxygens (including phenoxy) is 3. The predicted molar refractivity (Wildman–Crippen MR) is 85.9 cm³/mol. The summed E-state index contributed by atoms with van der Waals surface area (Å²) in [6.45, 7) is 0.0938. The highest BCUT2D eigenvalue weighted by Gasteiger charge is 2.28. The third-order valence-corrected chi connectivity index (χ3v) is 4.53. The number of nitrogens with zero attached hydrogens (tertiary/aromatic N) is 1. The summed E-state index contributed by atoms with van der Waals surface area (Å²) >= 11 is 0. The molecule has 2 aliphatic heterocycles. The summed E-state index contributed by atoms with van der Waals surface area (Å²) in [4.78, 5) is 14.2. The number of rotatable bonds is 5. The van der Waals surface area contributed by atoms with Crippen molar-refractivity contribution in [1.82, 2.24) is 10.2 Å². The van der Waals surface area contributed by atoms with Gasteiger partial charge in [-0.1, -0.05) is 0 Å². The molecule has 0 spiro atoms. The number of alkyl halides is 2. The van der Waals surface area contributed by atoms with Crippen LogP contribution in [-0.2, 0) is 11.3 Å². The van der Waals surface area contributed by atoms with Crippen LogP contribution in [0.25, 0.3) is 0 Å². The Balaban J connectivity index is 1.75. The lowest BCUT2D eigenvalue weighted by Crippen LogP contribution is -2.42. The van der Waals surface area contributed by atoms with Crippen LogP contribution >= 0.6 is 0 Å². The lowest BCUT2D eigenvalue weighted by atomic mass is 9.92. The largest absolute Gasteiger partial charge is 0.454 e. The van der Waals surface area contributed by atoms with Gasteiger partial charge in [-0.25, -0.2) is 0 Å². The van der Waals surface area contributed by atoms with Gasteiger partial charge < -0.3 is 24.4 Å². The molecule has 1 aromatic rings. The van der Waals surface area contributed by atoms with Crippen molar-refractivity contribution < 1.29 is 27.8 Å². The zero-order valence-corrected chi connectivity index (χ0v) is 14.3. The Morgan fingerprint density at radius 3 is 2.80 bits per heavy atom. The second kappa shape index (κ2) is 7.43. The number of hydrogen-bond donors (Lipinski definition) is 1. The van der Waals surface area contributed by atoms with Gasteiger partial charge in [0.25, 0.3) is 0 Å².